The van der Waals surface area contributed by atoms with E-state index in [0.29, 0.717) is 6.61 Å². The van der Waals surface area contributed by atoms with Crippen LogP contribution in [0.1, 0.15) is 17.2 Å². The predicted molar refractivity (Wildman–Crippen MR) is 82.9 cm³/mol. The molecule has 2 aromatic rings. The lowest BCUT2D eigenvalue weighted by Gasteiger charge is -2.39. The first kappa shape index (κ1) is 14.3. The van der Waals surface area contributed by atoms with Crippen molar-refractivity contribution in [1.82, 2.24) is 4.90 Å². The molecule has 2 aromatic carbocycles. The number of nitrogens with zero attached hydrogens (tertiary/aromatic N) is 1. The summed E-state index contributed by atoms with van der Waals surface area (Å²) in [6.45, 7) is 2.33. The van der Waals surface area contributed by atoms with E-state index in [0.717, 1.165) is 13.1 Å². The van der Waals surface area contributed by atoms with Crippen LogP contribution in [-0.2, 0) is 11.3 Å². The van der Waals surface area contributed by atoms with Crippen molar-refractivity contribution >= 4 is 0 Å². The minimum absolute atomic E-state index is 0.0762. The maximum Gasteiger partial charge on any atom is 0.0933 e. The van der Waals surface area contributed by atoms with Crippen LogP contribution in [0, 0.1) is 0 Å². The quantitative estimate of drug-likeness (QED) is 0.936. The summed E-state index contributed by atoms with van der Waals surface area (Å²) < 4.78 is 5.77. The molecule has 110 valence electrons. The Labute approximate surface area is 125 Å². The summed E-state index contributed by atoms with van der Waals surface area (Å²) >= 11 is 0. The van der Waals surface area contributed by atoms with Crippen LogP contribution in [-0.4, -0.2) is 35.9 Å². The highest BCUT2D eigenvalue weighted by atomic mass is 16.5. The van der Waals surface area contributed by atoms with Crippen molar-refractivity contribution in [3.8, 4) is 0 Å². The van der Waals surface area contributed by atoms with Crippen LogP contribution in [0.2, 0.25) is 0 Å². The Balaban J connectivity index is 1.80. The van der Waals surface area contributed by atoms with E-state index in [1.807, 2.05) is 12.1 Å². The number of rotatable bonds is 4. The predicted octanol–water partition coefficient (Wildman–Crippen LogP) is 2.62. The van der Waals surface area contributed by atoms with Crippen molar-refractivity contribution in [2.45, 2.75) is 18.7 Å². The molecule has 3 rings (SSSR count). The van der Waals surface area contributed by atoms with E-state index in [1.54, 1.807) is 0 Å². The highest BCUT2D eigenvalue weighted by Crippen LogP contribution is 2.27. The molecule has 0 amide bonds. The van der Waals surface area contributed by atoms with Crippen molar-refractivity contribution in [3.63, 3.8) is 0 Å². The van der Waals surface area contributed by atoms with Gasteiger partial charge in [-0.1, -0.05) is 60.7 Å². The minimum atomic E-state index is -0.0892. The van der Waals surface area contributed by atoms with Gasteiger partial charge in [-0.3, -0.25) is 4.90 Å². The van der Waals surface area contributed by atoms with Gasteiger partial charge in [0.05, 0.1) is 25.4 Å². The lowest BCUT2D eigenvalue weighted by molar-refractivity contribution is -0.0866. The van der Waals surface area contributed by atoms with Crippen LogP contribution in [0.4, 0.5) is 0 Å². The van der Waals surface area contributed by atoms with Gasteiger partial charge in [0.1, 0.15) is 0 Å². The first-order valence-electron chi connectivity index (χ1n) is 7.42. The lowest BCUT2D eigenvalue weighted by Crippen LogP contribution is -2.45. The van der Waals surface area contributed by atoms with Crippen molar-refractivity contribution in [3.05, 3.63) is 71.8 Å². The van der Waals surface area contributed by atoms with Gasteiger partial charge in [0.15, 0.2) is 0 Å². The Morgan fingerprint density at radius 2 is 1.67 bits per heavy atom. The second kappa shape index (κ2) is 6.85. The Morgan fingerprint density at radius 1 is 1.00 bits per heavy atom. The van der Waals surface area contributed by atoms with Crippen molar-refractivity contribution < 1.29 is 9.84 Å². The largest absolute Gasteiger partial charge is 0.394 e. The molecule has 0 saturated carbocycles. The molecule has 0 unspecified atom stereocenters. The lowest BCUT2D eigenvalue weighted by atomic mass is 10.0. The van der Waals surface area contributed by atoms with Crippen molar-refractivity contribution in [2.24, 2.45) is 0 Å². The zero-order chi connectivity index (χ0) is 14.5. The van der Waals surface area contributed by atoms with E-state index in [-0.39, 0.29) is 18.8 Å². The van der Waals surface area contributed by atoms with Crippen LogP contribution in [0.15, 0.2) is 60.7 Å². The van der Waals surface area contributed by atoms with E-state index >= 15 is 0 Å². The van der Waals surface area contributed by atoms with Crippen LogP contribution >= 0.6 is 0 Å². The molecule has 0 radical (unpaired) electrons. The Hall–Kier alpha value is -1.68. The summed E-state index contributed by atoms with van der Waals surface area (Å²) in [6, 6.07) is 21.2. The highest BCUT2D eigenvalue weighted by Gasteiger charge is 2.29. The summed E-state index contributed by atoms with van der Waals surface area (Å²) in [5, 5.41) is 9.38. The fourth-order valence-electron chi connectivity index (χ4n) is 2.86. The number of hydrogen-bond donors (Lipinski definition) is 1. The molecule has 0 spiro atoms. The van der Waals surface area contributed by atoms with Gasteiger partial charge in [-0.25, -0.2) is 0 Å². The van der Waals surface area contributed by atoms with Gasteiger partial charge < -0.3 is 9.84 Å². The molecule has 2 atom stereocenters. The maximum absolute atomic E-state index is 9.38. The zero-order valence-electron chi connectivity index (χ0n) is 12.1. The molecule has 0 bridgehead atoms. The number of hydrogen-bond acceptors (Lipinski definition) is 3. The fourth-order valence-corrected chi connectivity index (χ4v) is 2.86. The second-order valence-corrected chi connectivity index (χ2v) is 5.48. The van der Waals surface area contributed by atoms with Crippen molar-refractivity contribution in [2.75, 3.05) is 19.8 Å². The first-order valence-corrected chi connectivity index (χ1v) is 7.42. The van der Waals surface area contributed by atoms with E-state index < -0.39 is 0 Å². The molecule has 0 aliphatic carbocycles. The average molecular weight is 283 g/mol. The molecule has 1 saturated heterocycles. The number of benzene rings is 2. The Morgan fingerprint density at radius 3 is 2.33 bits per heavy atom. The summed E-state index contributed by atoms with van der Waals surface area (Å²) in [7, 11) is 0. The highest BCUT2D eigenvalue weighted by molar-refractivity contribution is 5.21. The molecule has 1 N–H and O–H groups in total. The van der Waals surface area contributed by atoms with Crippen LogP contribution < -0.4 is 0 Å². The molecule has 1 aliphatic rings. The van der Waals surface area contributed by atoms with Gasteiger partial charge >= 0.3 is 0 Å². The van der Waals surface area contributed by atoms with Crippen LogP contribution in [0.3, 0.4) is 0 Å². The third-order valence-electron chi connectivity index (χ3n) is 3.99. The standard InChI is InChI=1S/C18H21NO2/c20-13-17-12-19(11-15-7-3-1-4-8-15)18(14-21-17)16-9-5-2-6-10-16/h1-10,17-18,20H,11-14H2/t17-,18+/m1/s1. The minimum Gasteiger partial charge on any atom is -0.394 e. The molecule has 21 heavy (non-hydrogen) atoms. The first-order chi connectivity index (χ1) is 10.4. The number of morpholine rings is 1. The second-order valence-electron chi connectivity index (χ2n) is 5.48. The van der Waals surface area contributed by atoms with Gasteiger partial charge in [0.25, 0.3) is 0 Å². The normalized spacial score (nSPS) is 23.1. The summed E-state index contributed by atoms with van der Waals surface area (Å²) in [5.74, 6) is 0. The molecular weight excluding hydrogens is 262 g/mol. The van der Waals surface area contributed by atoms with Gasteiger partial charge in [-0.05, 0) is 11.1 Å². The third kappa shape index (κ3) is 3.50. The van der Waals surface area contributed by atoms with Crippen LogP contribution in [0.25, 0.3) is 0 Å². The van der Waals surface area contributed by atoms with Crippen LogP contribution in [0.5, 0.6) is 0 Å². The summed E-state index contributed by atoms with van der Waals surface area (Å²) in [4.78, 5) is 2.40. The molecule has 0 aromatic heterocycles. The Kier molecular flexibility index (Phi) is 4.65. The van der Waals surface area contributed by atoms with E-state index in [4.69, 9.17) is 4.74 Å². The maximum atomic E-state index is 9.38. The molecule has 3 heteroatoms. The summed E-state index contributed by atoms with van der Waals surface area (Å²) in [6.07, 6.45) is -0.0892. The molecular formula is C18H21NO2. The number of aliphatic hydroxyl groups excluding tert-OH is 1. The SMILES string of the molecule is OC[C@H]1CN(Cc2ccccc2)[C@H](c2ccccc2)CO1. The van der Waals surface area contributed by atoms with Gasteiger partial charge in [0.2, 0.25) is 0 Å². The van der Waals surface area contributed by atoms with E-state index in [9.17, 15) is 5.11 Å². The molecule has 3 nitrogen and oxygen atoms in total. The third-order valence-corrected chi connectivity index (χ3v) is 3.99. The number of ether oxygens (including phenoxy) is 1. The van der Waals surface area contributed by atoms with Gasteiger partial charge in [-0.15, -0.1) is 0 Å². The van der Waals surface area contributed by atoms with E-state index in [2.05, 4.69) is 53.4 Å². The molecule has 1 fully saturated rings. The topological polar surface area (TPSA) is 32.7 Å². The van der Waals surface area contributed by atoms with Gasteiger partial charge in [-0.2, -0.15) is 0 Å². The smallest absolute Gasteiger partial charge is 0.0933 e. The zero-order valence-corrected chi connectivity index (χ0v) is 12.1. The average Bonchev–Trinajstić information content (AvgIpc) is 2.56. The van der Waals surface area contributed by atoms with Gasteiger partial charge in [0, 0.05) is 13.1 Å². The molecule has 1 heterocycles. The molecule has 1 aliphatic heterocycles. The summed E-state index contributed by atoms with van der Waals surface area (Å²) in [5.41, 5.74) is 2.56. The fraction of sp³-hybridized carbons (Fsp3) is 0.333. The van der Waals surface area contributed by atoms with Crippen molar-refractivity contribution in [1.29, 1.82) is 0 Å². The Bertz CT molecular complexity index is 544. The van der Waals surface area contributed by atoms with E-state index in [1.165, 1.54) is 11.1 Å². The monoisotopic (exact) mass is 283 g/mol. The number of aliphatic hydroxyl groups is 1.